The molecule has 9 heteroatoms. The predicted octanol–water partition coefficient (Wildman–Crippen LogP) is 3.56. The lowest BCUT2D eigenvalue weighted by Crippen LogP contribution is -2.52. The lowest BCUT2D eigenvalue weighted by atomic mass is 9.61. The highest BCUT2D eigenvalue weighted by atomic mass is 19.1. The quantitative estimate of drug-likeness (QED) is 0.563. The molecule has 2 bridgehead atoms. The van der Waals surface area contributed by atoms with Crippen molar-refractivity contribution in [3.05, 3.63) is 40.8 Å². The zero-order chi connectivity index (χ0) is 22.0. The number of aromatic amines is 1. The Bertz CT molecular complexity index is 1270. The molecular weight excluding hydrogens is 413 g/mol. The third-order valence-corrected chi connectivity index (χ3v) is 7.45. The summed E-state index contributed by atoms with van der Waals surface area (Å²) in [5.74, 6) is -1.26. The number of anilines is 1. The van der Waals surface area contributed by atoms with E-state index in [4.69, 9.17) is 0 Å². The fourth-order valence-corrected chi connectivity index (χ4v) is 5.72. The van der Waals surface area contributed by atoms with E-state index in [1.807, 2.05) is 0 Å². The highest BCUT2D eigenvalue weighted by Gasteiger charge is 2.47. The van der Waals surface area contributed by atoms with Crippen LogP contribution < -0.4 is 10.9 Å². The Labute approximate surface area is 182 Å². The van der Waals surface area contributed by atoms with Crippen molar-refractivity contribution in [1.29, 1.82) is 0 Å². The molecule has 8 nitrogen and oxygen atoms in total. The van der Waals surface area contributed by atoms with Crippen molar-refractivity contribution in [3.8, 4) is 11.3 Å². The summed E-state index contributed by atoms with van der Waals surface area (Å²) in [6.45, 7) is 0. The fourth-order valence-electron chi connectivity index (χ4n) is 5.72. The summed E-state index contributed by atoms with van der Waals surface area (Å²) in [6, 6.07) is 1.20. The summed E-state index contributed by atoms with van der Waals surface area (Å²) >= 11 is 0. The van der Waals surface area contributed by atoms with Crippen LogP contribution in [0.4, 0.5) is 10.2 Å². The Balaban J connectivity index is 1.45. The van der Waals surface area contributed by atoms with Gasteiger partial charge in [-0.2, -0.15) is 0 Å². The summed E-state index contributed by atoms with van der Waals surface area (Å²) < 4.78 is 15.6. The summed E-state index contributed by atoms with van der Waals surface area (Å²) in [7, 11) is 0. The van der Waals surface area contributed by atoms with Gasteiger partial charge in [0.05, 0.1) is 17.8 Å². The number of fused-ring (bicyclic) bond motifs is 4. The highest BCUT2D eigenvalue weighted by Crippen LogP contribution is 2.46. The van der Waals surface area contributed by atoms with Crippen LogP contribution in [0.15, 0.2) is 29.5 Å². The van der Waals surface area contributed by atoms with Gasteiger partial charge in [0.15, 0.2) is 5.82 Å². The normalized spacial score (nSPS) is 27.0. The van der Waals surface area contributed by atoms with Crippen LogP contribution >= 0.6 is 0 Å². The third kappa shape index (κ3) is 3.10. The van der Waals surface area contributed by atoms with Crippen LogP contribution in [0, 0.1) is 23.6 Å². The molecule has 3 aromatic rings. The standard InChI is InChI=1S/C23H24FN5O3/c24-13-7-15-16(9-26-20(15)25-8-13)17-10-29(14-5-6-14)22(30)21(27-17)28-19-12-3-1-11(2-4-12)18(19)23(31)32/h7-12,14,18-19H,1-6H2,(H,25,26)(H,27,28)(H,31,32)/t11?,12?,18-,19-/m0/s1. The molecular formula is C23H24FN5O3. The number of hydrogen-bond acceptors (Lipinski definition) is 5. The van der Waals surface area contributed by atoms with Crippen LogP contribution in [0.2, 0.25) is 0 Å². The second-order valence-corrected chi connectivity index (χ2v) is 9.38. The molecule has 0 unspecified atom stereocenters. The van der Waals surface area contributed by atoms with Crippen molar-refractivity contribution >= 4 is 22.8 Å². The first-order valence-electron chi connectivity index (χ1n) is 11.2. The van der Waals surface area contributed by atoms with Gasteiger partial charge in [0.25, 0.3) is 5.56 Å². The first-order chi connectivity index (χ1) is 15.5. The van der Waals surface area contributed by atoms with Gasteiger partial charge < -0.3 is 20.0 Å². The molecule has 0 aromatic carbocycles. The number of pyridine rings is 1. The number of rotatable bonds is 5. The molecule has 0 saturated heterocycles. The Morgan fingerprint density at radius 1 is 1.19 bits per heavy atom. The molecule has 2 atom stereocenters. The van der Waals surface area contributed by atoms with E-state index in [0.29, 0.717) is 22.3 Å². The number of carboxylic acid groups (broad SMARTS) is 1. The number of carboxylic acids is 1. The third-order valence-electron chi connectivity index (χ3n) is 7.45. The van der Waals surface area contributed by atoms with Crippen LogP contribution in [0.1, 0.15) is 44.6 Å². The summed E-state index contributed by atoms with van der Waals surface area (Å²) in [5, 5.41) is 13.7. The SMILES string of the molecule is O=C(O)[C@H]1C2CCC(CC2)[C@@H]1Nc1nc(-c2c[nH]c3ncc(F)cc23)cn(C2CC2)c1=O. The van der Waals surface area contributed by atoms with Gasteiger partial charge in [0, 0.05) is 35.4 Å². The molecule has 0 spiro atoms. The van der Waals surface area contributed by atoms with Gasteiger partial charge in [-0.05, 0) is 56.4 Å². The Morgan fingerprint density at radius 3 is 2.66 bits per heavy atom. The molecule has 4 saturated carbocycles. The minimum absolute atomic E-state index is 0.114. The average molecular weight is 437 g/mol. The maximum atomic E-state index is 13.9. The van der Waals surface area contributed by atoms with E-state index >= 15 is 0 Å². The first kappa shape index (κ1) is 19.5. The molecule has 0 radical (unpaired) electrons. The van der Waals surface area contributed by atoms with Crippen LogP contribution in [0.5, 0.6) is 0 Å². The van der Waals surface area contributed by atoms with E-state index in [0.717, 1.165) is 44.7 Å². The molecule has 0 amide bonds. The molecule has 166 valence electrons. The highest BCUT2D eigenvalue weighted by molar-refractivity contribution is 5.92. The summed E-state index contributed by atoms with van der Waals surface area (Å²) in [4.78, 5) is 37.1. The number of nitrogens with zero attached hydrogens (tertiary/aromatic N) is 3. The van der Waals surface area contributed by atoms with Crippen molar-refractivity contribution in [3.63, 3.8) is 0 Å². The van der Waals surface area contributed by atoms with Gasteiger partial charge in [-0.1, -0.05) is 0 Å². The topological polar surface area (TPSA) is 113 Å². The number of nitrogens with one attached hydrogen (secondary N) is 2. The van der Waals surface area contributed by atoms with Crippen molar-refractivity contribution in [2.24, 2.45) is 17.8 Å². The number of carbonyl (C=O) groups is 1. The molecule has 4 fully saturated rings. The van der Waals surface area contributed by atoms with Gasteiger partial charge in [-0.15, -0.1) is 0 Å². The smallest absolute Gasteiger partial charge is 0.308 e. The molecule has 3 heterocycles. The van der Waals surface area contributed by atoms with Crippen LogP contribution in [0.25, 0.3) is 22.3 Å². The molecule has 32 heavy (non-hydrogen) atoms. The number of aliphatic carboxylic acids is 1. The maximum Gasteiger partial charge on any atom is 0.308 e. The van der Waals surface area contributed by atoms with Gasteiger partial charge in [-0.25, -0.2) is 14.4 Å². The zero-order valence-corrected chi connectivity index (χ0v) is 17.4. The number of aromatic nitrogens is 4. The molecule has 4 aliphatic carbocycles. The second-order valence-electron chi connectivity index (χ2n) is 9.38. The van der Waals surface area contributed by atoms with Gasteiger partial charge in [0.2, 0.25) is 0 Å². The lowest BCUT2D eigenvalue weighted by molar-refractivity contribution is -0.148. The summed E-state index contributed by atoms with van der Waals surface area (Å²) in [5.41, 5.74) is 1.50. The molecule has 7 rings (SSSR count). The largest absolute Gasteiger partial charge is 0.481 e. The minimum Gasteiger partial charge on any atom is -0.481 e. The van der Waals surface area contributed by atoms with E-state index in [1.54, 1.807) is 17.0 Å². The lowest BCUT2D eigenvalue weighted by Gasteiger charge is -2.47. The van der Waals surface area contributed by atoms with Crippen molar-refractivity contribution in [2.75, 3.05) is 5.32 Å². The number of halogens is 1. The van der Waals surface area contributed by atoms with Crippen molar-refractivity contribution in [2.45, 2.75) is 50.6 Å². The Morgan fingerprint density at radius 2 is 1.94 bits per heavy atom. The number of H-pyrrole nitrogens is 1. The van der Waals surface area contributed by atoms with Gasteiger partial charge in [-0.3, -0.25) is 9.59 Å². The summed E-state index contributed by atoms with van der Waals surface area (Å²) in [6.07, 6.45) is 10.2. The molecule has 4 aliphatic rings. The van der Waals surface area contributed by atoms with Crippen molar-refractivity contribution < 1.29 is 14.3 Å². The van der Waals surface area contributed by atoms with Crippen LogP contribution in [-0.2, 0) is 4.79 Å². The van der Waals surface area contributed by atoms with Crippen LogP contribution in [-0.4, -0.2) is 36.6 Å². The van der Waals surface area contributed by atoms with Crippen molar-refractivity contribution in [1.82, 2.24) is 19.5 Å². The first-order valence-corrected chi connectivity index (χ1v) is 11.2. The van der Waals surface area contributed by atoms with Gasteiger partial charge >= 0.3 is 5.97 Å². The number of hydrogen-bond donors (Lipinski definition) is 3. The fraction of sp³-hybridized carbons (Fsp3) is 0.478. The van der Waals surface area contributed by atoms with Crippen LogP contribution in [0.3, 0.4) is 0 Å². The van der Waals surface area contributed by atoms with E-state index in [1.165, 1.54) is 6.07 Å². The molecule has 3 aromatic heterocycles. The zero-order valence-electron chi connectivity index (χ0n) is 17.4. The van der Waals surface area contributed by atoms with E-state index in [9.17, 15) is 19.1 Å². The predicted molar refractivity (Wildman–Crippen MR) is 116 cm³/mol. The van der Waals surface area contributed by atoms with E-state index in [2.05, 4.69) is 20.3 Å². The Hall–Kier alpha value is -3.23. The maximum absolute atomic E-state index is 13.9. The van der Waals surface area contributed by atoms with Gasteiger partial charge in [0.1, 0.15) is 11.5 Å². The monoisotopic (exact) mass is 437 g/mol. The van der Waals surface area contributed by atoms with E-state index in [-0.39, 0.29) is 35.3 Å². The molecule has 0 aliphatic heterocycles. The Kier molecular flexibility index (Phi) is 4.34. The van der Waals surface area contributed by atoms with E-state index < -0.39 is 17.7 Å². The second kappa shape index (κ2) is 7.15. The molecule has 3 N–H and O–H groups in total. The minimum atomic E-state index is -0.811. The average Bonchev–Trinajstić information content (AvgIpc) is 3.55.